The molecular formula is C34H26N4. The van der Waals surface area contributed by atoms with Crippen molar-refractivity contribution in [2.24, 2.45) is 0 Å². The number of nitrogens with zero attached hydrogens (tertiary/aromatic N) is 2. The van der Waals surface area contributed by atoms with E-state index in [1.54, 1.807) is 0 Å². The van der Waals surface area contributed by atoms with Gasteiger partial charge in [-0.15, -0.1) is 0 Å². The van der Waals surface area contributed by atoms with Gasteiger partial charge >= 0.3 is 0 Å². The zero-order valence-corrected chi connectivity index (χ0v) is 20.9. The third-order valence-corrected chi connectivity index (χ3v) is 7.86. The zero-order chi connectivity index (χ0) is 25.1. The van der Waals surface area contributed by atoms with Crippen LogP contribution in [-0.4, -0.2) is 11.1 Å². The number of hydrogen-bond acceptors (Lipinski definition) is 3. The molecule has 0 saturated heterocycles. The van der Waals surface area contributed by atoms with Gasteiger partial charge in [-0.05, 0) is 53.7 Å². The molecule has 0 radical (unpaired) electrons. The second-order valence-electron chi connectivity index (χ2n) is 9.90. The fourth-order valence-corrected chi connectivity index (χ4v) is 6.27. The molecule has 0 amide bonds. The monoisotopic (exact) mass is 490 g/mol. The van der Waals surface area contributed by atoms with Crippen molar-refractivity contribution in [3.63, 3.8) is 0 Å². The summed E-state index contributed by atoms with van der Waals surface area (Å²) < 4.78 is 2.49. The van der Waals surface area contributed by atoms with Gasteiger partial charge in [0.1, 0.15) is 0 Å². The van der Waals surface area contributed by atoms with E-state index in [1.807, 2.05) is 0 Å². The van der Waals surface area contributed by atoms with Crippen molar-refractivity contribution in [2.75, 3.05) is 11.4 Å². The van der Waals surface area contributed by atoms with Crippen LogP contribution in [0.15, 0.2) is 121 Å². The normalized spacial score (nSPS) is 15.2. The zero-order valence-electron chi connectivity index (χ0n) is 20.9. The first kappa shape index (κ1) is 21.2. The van der Waals surface area contributed by atoms with Crippen LogP contribution in [0.25, 0.3) is 39.4 Å². The van der Waals surface area contributed by atoms with Gasteiger partial charge in [-0.3, -0.25) is 0 Å². The maximum atomic E-state index is 3.51. The summed E-state index contributed by atoms with van der Waals surface area (Å²) in [5.41, 5.74) is 12.4. The van der Waals surface area contributed by atoms with E-state index in [9.17, 15) is 0 Å². The van der Waals surface area contributed by atoms with Crippen LogP contribution in [0.2, 0.25) is 0 Å². The number of anilines is 2. The van der Waals surface area contributed by atoms with E-state index in [0.29, 0.717) is 0 Å². The third kappa shape index (κ3) is 2.97. The lowest BCUT2D eigenvalue weighted by molar-refractivity contribution is 0.849. The van der Waals surface area contributed by atoms with E-state index >= 15 is 0 Å². The summed E-state index contributed by atoms with van der Waals surface area (Å²) in [6.07, 6.45) is 8.62. The van der Waals surface area contributed by atoms with Crippen LogP contribution in [0.4, 0.5) is 11.4 Å². The average molecular weight is 491 g/mol. The SMILES string of the molecule is C1=CC2=C(CN1)c1ccccc1-c1c(c3c(n1-c1cccc4ccccc14)C=CNC3)N2c1ccccc1. The lowest BCUT2D eigenvalue weighted by Gasteiger charge is -2.30. The largest absolute Gasteiger partial charge is 0.387 e. The smallest absolute Gasteiger partial charge is 0.0786 e. The molecule has 0 saturated carbocycles. The molecule has 4 heteroatoms. The molecule has 0 bridgehead atoms. The number of para-hydroxylation sites is 1. The molecule has 8 rings (SSSR count). The van der Waals surface area contributed by atoms with Gasteiger partial charge in [0.25, 0.3) is 0 Å². The summed E-state index contributed by atoms with van der Waals surface area (Å²) in [7, 11) is 0. The molecule has 0 spiro atoms. The van der Waals surface area contributed by atoms with Gasteiger partial charge in [0.15, 0.2) is 0 Å². The first-order valence-electron chi connectivity index (χ1n) is 13.1. The molecule has 0 aliphatic carbocycles. The summed E-state index contributed by atoms with van der Waals surface area (Å²) in [4.78, 5) is 2.48. The second-order valence-corrected chi connectivity index (χ2v) is 9.90. The molecular weight excluding hydrogens is 464 g/mol. The minimum absolute atomic E-state index is 0.766. The number of allylic oxidation sites excluding steroid dienone is 1. The van der Waals surface area contributed by atoms with Gasteiger partial charge in [0.05, 0.1) is 28.5 Å². The van der Waals surface area contributed by atoms with Crippen molar-refractivity contribution in [1.82, 2.24) is 15.2 Å². The Morgan fingerprint density at radius 2 is 1.37 bits per heavy atom. The van der Waals surface area contributed by atoms with E-state index in [1.165, 1.54) is 61.5 Å². The molecule has 3 aliphatic rings. The van der Waals surface area contributed by atoms with E-state index in [2.05, 4.69) is 142 Å². The third-order valence-electron chi connectivity index (χ3n) is 7.86. The van der Waals surface area contributed by atoms with Crippen molar-refractivity contribution in [2.45, 2.75) is 6.54 Å². The fraction of sp³-hybridized carbons (Fsp3) is 0.0588. The Kier molecular flexibility index (Phi) is 4.61. The van der Waals surface area contributed by atoms with Crippen LogP contribution in [0.1, 0.15) is 16.8 Å². The molecule has 0 fully saturated rings. The Labute approximate surface area is 221 Å². The summed E-state index contributed by atoms with van der Waals surface area (Å²) >= 11 is 0. The molecule has 0 unspecified atom stereocenters. The molecule has 4 heterocycles. The van der Waals surface area contributed by atoms with Crippen LogP contribution in [0.3, 0.4) is 0 Å². The van der Waals surface area contributed by atoms with Crippen LogP contribution in [-0.2, 0) is 6.54 Å². The first-order valence-corrected chi connectivity index (χ1v) is 13.1. The second kappa shape index (κ2) is 8.29. The van der Waals surface area contributed by atoms with Gasteiger partial charge in [-0.1, -0.05) is 78.9 Å². The van der Waals surface area contributed by atoms with Gasteiger partial charge in [-0.25, -0.2) is 0 Å². The molecule has 38 heavy (non-hydrogen) atoms. The van der Waals surface area contributed by atoms with Crippen LogP contribution >= 0.6 is 0 Å². The molecule has 5 aromatic rings. The van der Waals surface area contributed by atoms with Gasteiger partial charge in [-0.2, -0.15) is 0 Å². The van der Waals surface area contributed by atoms with Crippen molar-refractivity contribution >= 4 is 33.8 Å². The number of fused-ring (bicyclic) bond motifs is 7. The van der Waals surface area contributed by atoms with E-state index < -0.39 is 0 Å². The van der Waals surface area contributed by atoms with Crippen molar-refractivity contribution in [3.8, 4) is 16.9 Å². The molecule has 4 aromatic carbocycles. The maximum Gasteiger partial charge on any atom is 0.0786 e. The Hall–Kier alpha value is -4.96. The number of dihydropyridines is 1. The van der Waals surface area contributed by atoms with Gasteiger partial charge in [0, 0.05) is 40.9 Å². The Morgan fingerprint density at radius 1 is 0.632 bits per heavy atom. The molecule has 182 valence electrons. The average Bonchev–Trinajstić information content (AvgIpc) is 3.26. The van der Waals surface area contributed by atoms with Crippen LogP contribution < -0.4 is 15.5 Å². The lowest BCUT2D eigenvalue weighted by Crippen LogP contribution is -2.24. The van der Waals surface area contributed by atoms with Crippen molar-refractivity contribution in [3.05, 3.63) is 138 Å². The number of benzene rings is 4. The number of rotatable bonds is 2. The highest BCUT2D eigenvalue weighted by molar-refractivity contribution is 6.02. The standard InChI is InChI=1S/C34H26N4/c1-2-11-24(12-3-1)37-31-17-19-35-21-28(31)26-14-6-7-15-27(26)33-34(37)29-22-36-20-18-32(29)38(33)30-16-8-10-23-9-4-5-13-25(23)30/h1-20,35-36H,21-22H2. The quantitative estimate of drug-likeness (QED) is 0.271. The van der Waals surface area contributed by atoms with Crippen LogP contribution in [0.5, 0.6) is 0 Å². The molecule has 4 nitrogen and oxygen atoms in total. The predicted octanol–water partition coefficient (Wildman–Crippen LogP) is 7.35. The summed E-state index contributed by atoms with van der Waals surface area (Å²) in [5.74, 6) is 0. The van der Waals surface area contributed by atoms with E-state index in [0.717, 1.165) is 18.8 Å². The summed E-state index contributed by atoms with van der Waals surface area (Å²) in [6.45, 7) is 1.55. The molecule has 1 aromatic heterocycles. The van der Waals surface area contributed by atoms with Crippen LogP contribution in [0, 0.1) is 0 Å². The Balaban J connectivity index is 1.57. The highest BCUT2D eigenvalue weighted by atomic mass is 15.2. The van der Waals surface area contributed by atoms with Gasteiger partial charge < -0.3 is 20.1 Å². The highest BCUT2D eigenvalue weighted by Crippen LogP contribution is 2.52. The molecule has 3 aliphatic heterocycles. The molecule has 0 atom stereocenters. The van der Waals surface area contributed by atoms with Crippen molar-refractivity contribution in [1.29, 1.82) is 0 Å². The van der Waals surface area contributed by atoms with E-state index in [4.69, 9.17) is 0 Å². The molecule has 2 N–H and O–H groups in total. The minimum Gasteiger partial charge on any atom is -0.387 e. The van der Waals surface area contributed by atoms with Crippen molar-refractivity contribution < 1.29 is 0 Å². The van der Waals surface area contributed by atoms with Gasteiger partial charge in [0.2, 0.25) is 0 Å². The number of nitrogens with one attached hydrogen (secondary N) is 2. The first-order chi connectivity index (χ1) is 18.9. The number of aromatic nitrogens is 1. The summed E-state index contributed by atoms with van der Waals surface area (Å²) in [5, 5.41) is 9.48. The Morgan fingerprint density at radius 3 is 2.29 bits per heavy atom. The lowest BCUT2D eigenvalue weighted by atomic mass is 9.95. The Bertz CT molecular complexity index is 1820. The predicted molar refractivity (Wildman–Crippen MR) is 157 cm³/mol. The summed E-state index contributed by atoms with van der Waals surface area (Å²) in [6, 6.07) is 35.0. The highest BCUT2D eigenvalue weighted by Gasteiger charge is 2.35. The number of hydrogen-bond donors (Lipinski definition) is 2. The topological polar surface area (TPSA) is 32.2 Å². The maximum absolute atomic E-state index is 3.51. The fourth-order valence-electron chi connectivity index (χ4n) is 6.27. The van der Waals surface area contributed by atoms with E-state index in [-0.39, 0.29) is 0 Å². The minimum atomic E-state index is 0.766.